The van der Waals surface area contributed by atoms with Crippen LogP contribution in [-0.4, -0.2) is 30.6 Å². The summed E-state index contributed by atoms with van der Waals surface area (Å²) in [4.78, 5) is 13.2. The predicted molar refractivity (Wildman–Crippen MR) is 80.3 cm³/mol. The lowest BCUT2D eigenvalue weighted by molar-refractivity contribution is 0.171. The van der Waals surface area contributed by atoms with Crippen LogP contribution in [0.1, 0.15) is 12.0 Å². The maximum Gasteiger partial charge on any atom is 0.176 e. The fraction of sp³-hybridized carbons (Fsp3) is 0.267. The molecular formula is C15H14N4O2. The molecule has 1 aromatic carbocycles. The number of benzene rings is 1. The summed E-state index contributed by atoms with van der Waals surface area (Å²) in [5, 5.41) is 0. The Kier molecular flexibility index (Phi) is 2.73. The summed E-state index contributed by atoms with van der Waals surface area (Å²) in [7, 11) is 0. The lowest BCUT2D eigenvalue weighted by atomic mass is 10.1. The van der Waals surface area contributed by atoms with E-state index in [2.05, 4.69) is 15.0 Å². The number of rotatable bonds is 2. The quantitative estimate of drug-likeness (QED) is 0.891. The summed E-state index contributed by atoms with van der Waals surface area (Å²) in [5.41, 5.74) is 8.41. The van der Waals surface area contributed by atoms with Gasteiger partial charge in [-0.05, 0) is 17.7 Å². The van der Waals surface area contributed by atoms with E-state index in [9.17, 15) is 0 Å². The zero-order chi connectivity index (χ0) is 14.2. The van der Waals surface area contributed by atoms with Crippen molar-refractivity contribution in [2.45, 2.75) is 12.8 Å². The number of nitrogens with zero attached hydrogens (tertiary/aromatic N) is 3. The van der Waals surface area contributed by atoms with Crippen molar-refractivity contribution in [3.8, 4) is 11.5 Å². The number of fused-ring (bicyclic) bond motifs is 2. The molecule has 0 amide bonds. The lowest BCUT2D eigenvalue weighted by Crippen LogP contribution is -2.16. The Morgan fingerprint density at radius 3 is 2.86 bits per heavy atom. The van der Waals surface area contributed by atoms with E-state index in [1.54, 1.807) is 6.20 Å². The molecule has 2 N–H and O–H groups in total. The number of allylic oxidation sites excluding steroid dienone is 1. The maximum absolute atomic E-state index is 5.76. The lowest BCUT2D eigenvalue weighted by Gasteiger charge is -2.18. The average molecular weight is 282 g/mol. The van der Waals surface area contributed by atoms with E-state index in [4.69, 9.17) is 15.2 Å². The monoisotopic (exact) mass is 282 g/mol. The Labute approximate surface area is 121 Å². The standard InChI is InChI=1S/C15H14N4O2/c16-10-7-11-15(17-8-10)19-14(18-11)6-9-1-2-12-13(5-9)21-4-3-20-12/h1-2,5,8H,3-4,6-7,16H2. The number of ether oxygens (including phenoxy) is 2. The summed E-state index contributed by atoms with van der Waals surface area (Å²) >= 11 is 0. The largest absolute Gasteiger partial charge is 0.486 e. The highest BCUT2D eigenvalue weighted by Gasteiger charge is 2.21. The number of hydrogen-bond acceptors (Lipinski definition) is 6. The molecule has 6 heteroatoms. The Hall–Kier alpha value is -2.63. The topological polar surface area (TPSA) is 81.6 Å². The third-order valence-corrected chi connectivity index (χ3v) is 3.45. The Morgan fingerprint density at radius 1 is 1.10 bits per heavy atom. The molecule has 0 spiro atoms. The Morgan fingerprint density at radius 2 is 1.95 bits per heavy atom. The molecule has 0 aromatic heterocycles. The van der Waals surface area contributed by atoms with Gasteiger partial charge in [-0.15, -0.1) is 0 Å². The molecule has 0 bridgehead atoms. The normalized spacial score (nSPS) is 19.2. The highest BCUT2D eigenvalue weighted by atomic mass is 16.6. The second kappa shape index (κ2) is 4.73. The van der Waals surface area contributed by atoms with Gasteiger partial charge in [0.2, 0.25) is 0 Å². The van der Waals surface area contributed by atoms with Crippen molar-refractivity contribution >= 4 is 17.4 Å². The Bertz CT molecular complexity index is 731. The van der Waals surface area contributed by atoms with Crippen LogP contribution in [0, 0.1) is 0 Å². The number of aliphatic imine (C=N–C) groups is 3. The van der Waals surface area contributed by atoms with Crippen molar-refractivity contribution in [1.82, 2.24) is 0 Å². The van der Waals surface area contributed by atoms with Crippen molar-refractivity contribution in [1.29, 1.82) is 0 Å². The molecule has 1 aromatic rings. The van der Waals surface area contributed by atoms with Crippen LogP contribution in [0.4, 0.5) is 0 Å². The first-order chi connectivity index (χ1) is 10.3. The fourth-order valence-corrected chi connectivity index (χ4v) is 2.48. The van der Waals surface area contributed by atoms with Gasteiger partial charge in [0.1, 0.15) is 19.0 Å². The number of hydrogen-bond donors (Lipinski definition) is 1. The zero-order valence-electron chi connectivity index (χ0n) is 11.4. The summed E-state index contributed by atoms with van der Waals surface area (Å²) in [6, 6.07) is 5.91. The van der Waals surface area contributed by atoms with Crippen molar-refractivity contribution in [2.24, 2.45) is 20.7 Å². The summed E-state index contributed by atoms with van der Waals surface area (Å²) in [6.07, 6.45) is 2.90. The third kappa shape index (κ3) is 2.29. The molecule has 106 valence electrons. The highest BCUT2D eigenvalue weighted by molar-refractivity contribution is 6.48. The van der Waals surface area contributed by atoms with E-state index in [1.807, 2.05) is 18.2 Å². The van der Waals surface area contributed by atoms with Crippen LogP contribution in [-0.2, 0) is 6.42 Å². The molecule has 0 fully saturated rings. The van der Waals surface area contributed by atoms with E-state index in [1.165, 1.54) is 0 Å². The van der Waals surface area contributed by atoms with Crippen LogP contribution in [0.5, 0.6) is 11.5 Å². The molecule has 0 radical (unpaired) electrons. The number of amidine groups is 2. The van der Waals surface area contributed by atoms with Crippen LogP contribution < -0.4 is 15.2 Å². The summed E-state index contributed by atoms with van der Waals surface area (Å²) in [5.74, 6) is 3.01. The van der Waals surface area contributed by atoms with Crippen LogP contribution in [0.25, 0.3) is 0 Å². The maximum atomic E-state index is 5.76. The van der Waals surface area contributed by atoms with Gasteiger partial charge in [-0.1, -0.05) is 6.07 Å². The van der Waals surface area contributed by atoms with Gasteiger partial charge in [-0.25, -0.2) is 15.0 Å². The van der Waals surface area contributed by atoms with E-state index < -0.39 is 0 Å². The molecule has 0 saturated carbocycles. The molecule has 6 nitrogen and oxygen atoms in total. The predicted octanol–water partition coefficient (Wildman–Crippen LogP) is 1.46. The molecular weight excluding hydrogens is 268 g/mol. The van der Waals surface area contributed by atoms with Crippen molar-refractivity contribution in [3.05, 3.63) is 35.7 Å². The Balaban J connectivity index is 1.55. The molecule has 3 heterocycles. The minimum Gasteiger partial charge on any atom is -0.486 e. The SMILES string of the molecule is NC1=CN=C2N=C(Cc3ccc4c(c3)OCCO4)N=C2C1. The smallest absolute Gasteiger partial charge is 0.176 e. The van der Waals surface area contributed by atoms with Gasteiger partial charge < -0.3 is 15.2 Å². The van der Waals surface area contributed by atoms with Gasteiger partial charge in [0.15, 0.2) is 17.3 Å². The summed E-state index contributed by atoms with van der Waals surface area (Å²) < 4.78 is 11.1. The van der Waals surface area contributed by atoms with Gasteiger partial charge in [-0.3, -0.25) is 0 Å². The zero-order valence-corrected chi connectivity index (χ0v) is 11.4. The van der Waals surface area contributed by atoms with Crippen molar-refractivity contribution < 1.29 is 9.47 Å². The molecule has 0 unspecified atom stereocenters. The molecule has 21 heavy (non-hydrogen) atoms. The first-order valence-electron chi connectivity index (χ1n) is 6.84. The van der Waals surface area contributed by atoms with Gasteiger partial charge >= 0.3 is 0 Å². The molecule has 0 atom stereocenters. The molecule has 0 saturated heterocycles. The second-order valence-corrected chi connectivity index (χ2v) is 5.07. The van der Waals surface area contributed by atoms with E-state index in [0.717, 1.165) is 28.6 Å². The summed E-state index contributed by atoms with van der Waals surface area (Å²) in [6.45, 7) is 1.18. The van der Waals surface area contributed by atoms with Crippen LogP contribution in [0.2, 0.25) is 0 Å². The fourth-order valence-electron chi connectivity index (χ4n) is 2.48. The van der Waals surface area contributed by atoms with E-state index in [-0.39, 0.29) is 0 Å². The first-order valence-corrected chi connectivity index (χ1v) is 6.84. The minimum atomic E-state index is 0.585. The van der Waals surface area contributed by atoms with Crippen molar-refractivity contribution in [3.63, 3.8) is 0 Å². The number of nitrogens with two attached hydrogens (primary N) is 1. The van der Waals surface area contributed by atoms with Crippen molar-refractivity contribution in [2.75, 3.05) is 13.2 Å². The third-order valence-electron chi connectivity index (χ3n) is 3.45. The van der Waals surface area contributed by atoms with Crippen LogP contribution in [0.15, 0.2) is 45.1 Å². The second-order valence-electron chi connectivity index (χ2n) is 5.07. The van der Waals surface area contributed by atoms with Gasteiger partial charge in [0.05, 0.1) is 5.71 Å². The first kappa shape index (κ1) is 12.1. The minimum absolute atomic E-state index is 0.585. The van der Waals surface area contributed by atoms with E-state index in [0.29, 0.717) is 37.6 Å². The highest BCUT2D eigenvalue weighted by Crippen LogP contribution is 2.31. The van der Waals surface area contributed by atoms with Crippen LogP contribution >= 0.6 is 0 Å². The van der Waals surface area contributed by atoms with Gasteiger partial charge in [0, 0.05) is 24.7 Å². The van der Waals surface area contributed by atoms with Gasteiger partial charge in [0.25, 0.3) is 0 Å². The molecule has 3 aliphatic rings. The molecule has 0 aliphatic carbocycles. The average Bonchev–Trinajstić information content (AvgIpc) is 2.88. The van der Waals surface area contributed by atoms with Gasteiger partial charge in [-0.2, -0.15) is 0 Å². The molecule has 4 rings (SSSR count). The molecule has 3 aliphatic heterocycles. The van der Waals surface area contributed by atoms with Crippen LogP contribution in [0.3, 0.4) is 0 Å². The van der Waals surface area contributed by atoms with E-state index >= 15 is 0 Å².